The number of anilines is 1. The normalized spacial score (nSPS) is 10.3. The summed E-state index contributed by atoms with van der Waals surface area (Å²) in [5, 5.41) is 2.55. The maximum absolute atomic E-state index is 13.3. The average molecular weight is 340 g/mol. The van der Waals surface area contributed by atoms with Crippen LogP contribution in [0.1, 0.15) is 15.9 Å². The molecule has 0 fully saturated rings. The minimum absolute atomic E-state index is 0.0152. The summed E-state index contributed by atoms with van der Waals surface area (Å²) in [6, 6.07) is 15.8. The van der Waals surface area contributed by atoms with Crippen molar-refractivity contribution in [3.8, 4) is 5.75 Å². The zero-order valence-electron chi connectivity index (χ0n) is 13.1. The lowest BCUT2D eigenvalue weighted by Crippen LogP contribution is -2.14. The molecule has 1 heterocycles. The first kappa shape index (κ1) is 16.6. The maximum Gasteiger partial charge on any atom is 0.257 e. The van der Waals surface area contributed by atoms with E-state index in [0.717, 1.165) is 17.7 Å². The van der Waals surface area contributed by atoms with Crippen molar-refractivity contribution in [2.24, 2.45) is 0 Å². The fourth-order valence-electron chi connectivity index (χ4n) is 2.15. The van der Waals surface area contributed by atoms with Gasteiger partial charge in [0.1, 0.15) is 6.61 Å². The van der Waals surface area contributed by atoms with E-state index in [9.17, 15) is 13.6 Å². The third-order valence-electron chi connectivity index (χ3n) is 3.42. The number of hydrogen-bond donors (Lipinski definition) is 1. The van der Waals surface area contributed by atoms with Gasteiger partial charge in [-0.2, -0.15) is 0 Å². The van der Waals surface area contributed by atoms with Gasteiger partial charge in [-0.05, 0) is 35.9 Å². The summed E-state index contributed by atoms with van der Waals surface area (Å²) < 4.78 is 31.9. The molecular weight excluding hydrogens is 326 g/mol. The molecule has 0 aliphatic heterocycles. The van der Waals surface area contributed by atoms with Gasteiger partial charge in [-0.3, -0.25) is 4.79 Å². The van der Waals surface area contributed by atoms with Crippen molar-refractivity contribution in [2.45, 2.75) is 6.61 Å². The van der Waals surface area contributed by atoms with Crippen molar-refractivity contribution in [3.63, 3.8) is 0 Å². The van der Waals surface area contributed by atoms with Crippen LogP contribution in [-0.2, 0) is 6.61 Å². The van der Waals surface area contributed by atoms with Crippen molar-refractivity contribution in [3.05, 3.63) is 89.6 Å². The lowest BCUT2D eigenvalue weighted by atomic mass is 10.2. The lowest BCUT2D eigenvalue weighted by molar-refractivity contribution is 0.102. The fourth-order valence-corrected chi connectivity index (χ4v) is 2.15. The van der Waals surface area contributed by atoms with Gasteiger partial charge < -0.3 is 10.1 Å². The molecule has 1 aromatic heterocycles. The van der Waals surface area contributed by atoms with Gasteiger partial charge in [-0.25, -0.2) is 13.8 Å². The summed E-state index contributed by atoms with van der Waals surface area (Å²) in [6.07, 6.45) is 1.50. The predicted octanol–water partition coefficient (Wildman–Crippen LogP) is 4.19. The van der Waals surface area contributed by atoms with Gasteiger partial charge in [0.15, 0.2) is 23.2 Å². The first-order chi connectivity index (χ1) is 12.1. The Hall–Kier alpha value is -3.28. The van der Waals surface area contributed by atoms with E-state index in [1.807, 2.05) is 30.3 Å². The summed E-state index contributed by atoms with van der Waals surface area (Å²) in [5.41, 5.74) is 0.947. The van der Waals surface area contributed by atoms with E-state index in [1.165, 1.54) is 12.3 Å². The molecule has 0 aliphatic carbocycles. The number of aromatic nitrogens is 1. The minimum atomic E-state index is -1.09. The third-order valence-corrected chi connectivity index (χ3v) is 3.42. The predicted molar refractivity (Wildman–Crippen MR) is 89.3 cm³/mol. The zero-order valence-corrected chi connectivity index (χ0v) is 13.1. The Morgan fingerprint density at radius 1 is 1.00 bits per heavy atom. The molecule has 0 aliphatic rings. The van der Waals surface area contributed by atoms with Crippen LogP contribution in [0.4, 0.5) is 14.6 Å². The summed E-state index contributed by atoms with van der Waals surface area (Å²) in [4.78, 5) is 16.3. The van der Waals surface area contributed by atoms with Crippen LogP contribution in [0, 0.1) is 11.6 Å². The van der Waals surface area contributed by atoms with Crippen LogP contribution in [0.5, 0.6) is 5.75 Å². The van der Waals surface area contributed by atoms with E-state index in [0.29, 0.717) is 12.4 Å². The highest BCUT2D eigenvalue weighted by atomic mass is 19.2. The first-order valence-electron chi connectivity index (χ1n) is 7.51. The molecule has 0 radical (unpaired) electrons. The number of amides is 1. The van der Waals surface area contributed by atoms with Crippen LogP contribution < -0.4 is 10.1 Å². The standard InChI is InChI=1S/C19H14F2N2O2/c20-15-9-8-14(11-16(15)21)19(24)23-18-17(7-4-10-22-18)25-12-13-5-2-1-3-6-13/h1-11H,12H2,(H,22,23,24). The minimum Gasteiger partial charge on any atom is -0.485 e. The summed E-state index contributed by atoms with van der Waals surface area (Å²) >= 11 is 0. The molecule has 0 saturated heterocycles. The molecule has 0 saturated carbocycles. The zero-order chi connectivity index (χ0) is 17.6. The highest BCUT2D eigenvalue weighted by molar-refractivity contribution is 6.04. The lowest BCUT2D eigenvalue weighted by Gasteiger charge is -2.11. The molecule has 1 N–H and O–H groups in total. The molecule has 25 heavy (non-hydrogen) atoms. The monoisotopic (exact) mass is 340 g/mol. The number of rotatable bonds is 5. The molecule has 0 spiro atoms. The SMILES string of the molecule is O=C(Nc1ncccc1OCc1ccccc1)c1ccc(F)c(F)c1. The van der Waals surface area contributed by atoms with E-state index < -0.39 is 17.5 Å². The number of benzene rings is 2. The topological polar surface area (TPSA) is 51.2 Å². The molecule has 0 bridgehead atoms. The van der Waals surface area contributed by atoms with Crippen LogP contribution in [0.2, 0.25) is 0 Å². The number of carbonyl (C=O) groups excluding carboxylic acids is 1. The highest BCUT2D eigenvalue weighted by Gasteiger charge is 2.13. The van der Waals surface area contributed by atoms with Crippen molar-refractivity contribution in [1.29, 1.82) is 0 Å². The van der Waals surface area contributed by atoms with Crippen LogP contribution in [-0.4, -0.2) is 10.9 Å². The molecule has 1 amide bonds. The van der Waals surface area contributed by atoms with E-state index in [-0.39, 0.29) is 11.4 Å². The van der Waals surface area contributed by atoms with E-state index >= 15 is 0 Å². The summed E-state index contributed by atoms with van der Waals surface area (Å²) in [6.45, 7) is 0.306. The second-order valence-electron chi connectivity index (χ2n) is 5.21. The van der Waals surface area contributed by atoms with Gasteiger partial charge in [0.25, 0.3) is 5.91 Å². The van der Waals surface area contributed by atoms with Crippen molar-refractivity contribution in [2.75, 3.05) is 5.32 Å². The largest absolute Gasteiger partial charge is 0.485 e. The van der Waals surface area contributed by atoms with E-state index in [1.54, 1.807) is 12.1 Å². The van der Waals surface area contributed by atoms with Crippen molar-refractivity contribution < 1.29 is 18.3 Å². The van der Waals surface area contributed by atoms with Crippen LogP contribution >= 0.6 is 0 Å². The molecule has 3 aromatic rings. The van der Waals surface area contributed by atoms with Gasteiger partial charge in [-0.15, -0.1) is 0 Å². The third kappa shape index (κ3) is 4.17. The molecule has 6 heteroatoms. The molecular formula is C19H14F2N2O2. The number of carbonyl (C=O) groups is 1. The number of nitrogens with one attached hydrogen (secondary N) is 1. The number of ether oxygens (including phenoxy) is 1. The average Bonchev–Trinajstić information content (AvgIpc) is 2.64. The summed E-state index contributed by atoms with van der Waals surface area (Å²) in [7, 11) is 0. The second kappa shape index (κ2) is 7.53. The van der Waals surface area contributed by atoms with E-state index in [4.69, 9.17) is 4.74 Å². The maximum atomic E-state index is 13.3. The van der Waals surface area contributed by atoms with Crippen LogP contribution in [0.15, 0.2) is 66.9 Å². The molecule has 0 atom stereocenters. The molecule has 126 valence electrons. The Morgan fingerprint density at radius 2 is 1.80 bits per heavy atom. The Balaban J connectivity index is 1.74. The number of hydrogen-bond acceptors (Lipinski definition) is 3. The van der Waals surface area contributed by atoms with Crippen LogP contribution in [0.3, 0.4) is 0 Å². The number of pyridine rings is 1. The van der Waals surface area contributed by atoms with Gasteiger partial charge in [-0.1, -0.05) is 30.3 Å². The molecule has 4 nitrogen and oxygen atoms in total. The van der Waals surface area contributed by atoms with E-state index in [2.05, 4.69) is 10.3 Å². The Bertz CT molecular complexity index is 886. The van der Waals surface area contributed by atoms with Crippen molar-refractivity contribution in [1.82, 2.24) is 4.98 Å². The molecule has 0 unspecified atom stereocenters. The van der Waals surface area contributed by atoms with Crippen molar-refractivity contribution >= 4 is 11.7 Å². The van der Waals surface area contributed by atoms with Gasteiger partial charge >= 0.3 is 0 Å². The highest BCUT2D eigenvalue weighted by Crippen LogP contribution is 2.23. The Labute approximate surface area is 143 Å². The Morgan fingerprint density at radius 3 is 2.56 bits per heavy atom. The fraction of sp³-hybridized carbons (Fsp3) is 0.0526. The quantitative estimate of drug-likeness (QED) is 0.758. The Kier molecular flexibility index (Phi) is 4.99. The number of halogens is 2. The van der Waals surface area contributed by atoms with Crippen LogP contribution in [0.25, 0.3) is 0 Å². The molecule has 3 rings (SSSR count). The number of nitrogens with zero attached hydrogens (tertiary/aromatic N) is 1. The van der Waals surface area contributed by atoms with Gasteiger partial charge in [0.05, 0.1) is 0 Å². The first-order valence-corrected chi connectivity index (χ1v) is 7.51. The summed E-state index contributed by atoms with van der Waals surface area (Å²) in [5.74, 6) is -2.13. The molecule has 2 aromatic carbocycles. The second-order valence-corrected chi connectivity index (χ2v) is 5.21. The smallest absolute Gasteiger partial charge is 0.257 e. The van der Waals surface area contributed by atoms with Gasteiger partial charge in [0.2, 0.25) is 0 Å². The van der Waals surface area contributed by atoms with Gasteiger partial charge in [0, 0.05) is 11.8 Å².